The lowest BCUT2D eigenvalue weighted by Gasteiger charge is -2.15. The number of fused-ring (bicyclic) bond motifs is 1. The number of rotatable bonds is 1. The minimum absolute atomic E-state index is 0.182. The third-order valence-corrected chi connectivity index (χ3v) is 3.84. The van der Waals surface area contributed by atoms with Gasteiger partial charge in [0.05, 0.1) is 5.56 Å². The Morgan fingerprint density at radius 3 is 2.67 bits per heavy atom. The van der Waals surface area contributed by atoms with Crippen LogP contribution in [-0.4, -0.2) is 28.9 Å². The average Bonchev–Trinajstić information content (AvgIpc) is 2.96. The number of carbonyl (C=O) groups excluding carboxylic acids is 1. The van der Waals surface area contributed by atoms with Gasteiger partial charge in [-0.25, -0.2) is 0 Å². The summed E-state index contributed by atoms with van der Waals surface area (Å²) in [7, 11) is 0. The standard InChI is InChI=1S/C15H18N2O/c1-10-6-5-7-12-13(11(2)16-14(10)12)15(18)17-8-3-4-9-17/h5-7,16H,3-4,8-9H2,1-2H3. The molecule has 2 aromatic rings. The number of H-pyrrole nitrogens is 1. The molecule has 1 aliphatic heterocycles. The molecule has 1 saturated heterocycles. The van der Waals surface area contributed by atoms with Crippen LogP contribution in [0.2, 0.25) is 0 Å². The molecular formula is C15H18N2O. The summed E-state index contributed by atoms with van der Waals surface area (Å²) in [6.07, 6.45) is 2.26. The summed E-state index contributed by atoms with van der Waals surface area (Å²) in [6, 6.07) is 6.13. The summed E-state index contributed by atoms with van der Waals surface area (Å²) in [5, 5.41) is 1.06. The van der Waals surface area contributed by atoms with E-state index in [1.165, 1.54) is 5.56 Å². The highest BCUT2D eigenvalue weighted by molar-refractivity contribution is 6.08. The highest BCUT2D eigenvalue weighted by atomic mass is 16.2. The van der Waals surface area contributed by atoms with Crippen molar-refractivity contribution in [2.45, 2.75) is 26.7 Å². The lowest BCUT2D eigenvalue weighted by Crippen LogP contribution is -2.27. The van der Waals surface area contributed by atoms with Gasteiger partial charge in [0.2, 0.25) is 0 Å². The summed E-state index contributed by atoms with van der Waals surface area (Å²) in [5.41, 5.74) is 4.13. The van der Waals surface area contributed by atoms with E-state index in [1.54, 1.807) is 0 Å². The van der Waals surface area contributed by atoms with Gasteiger partial charge in [0.1, 0.15) is 0 Å². The number of carbonyl (C=O) groups is 1. The monoisotopic (exact) mass is 242 g/mol. The maximum absolute atomic E-state index is 12.6. The SMILES string of the molecule is Cc1[nH]c2c(C)cccc2c1C(=O)N1CCCC1. The molecule has 3 heteroatoms. The molecule has 1 N–H and O–H groups in total. The van der Waals surface area contributed by atoms with E-state index in [9.17, 15) is 4.79 Å². The molecule has 1 aliphatic rings. The van der Waals surface area contributed by atoms with Crippen LogP contribution in [0.15, 0.2) is 18.2 Å². The summed E-state index contributed by atoms with van der Waals surface area (Å²) in [6.45, 7) is 5.86. The van der Waals surface area contributed by atoms with Crippen molar-refractivity contribution in [1.82, 2.24) is 9.88 Å². The van der Waals surface area contributed by atoms with Crippen LogP contribution < -0.4 is 0 Å². The molecule has 1 aromatic carbocycles. The maximum atomic E-state index is 12.6. The molecule has 1 fully saturated rings. The summed E-state index contributed by atoms with van der Waals surface area (Å²) >= 11 is 0. The van der Waals surface area contributed by atoms with E-state index in [0.717, 1.165) is 48.1 Å². The number of aromatic amines is 1. The second-order valence-corrected chi connectivity index (χ2v) is 5.12. The molecule has 0 atom stereocenters. The van der Waals surface area contributed by atoms with E-state index in [2.05, 4.69) is 18.0 Å². The lowest BCUT2D eigenvalue weighted by molar-refractivity contribution is 0.0794. The predicted octanol–water partition coefficient (Wildman–Crippen LogP) is 3.02. The fourth-order valence-corrected chi connectivity index (χ4v) is 2.85. The van der Waals surface area contributed by atoms with Crippen molar-refractivity contribution in [1.29, 1.82) is 0 Å². The molecule has 18 heavy (non-hydrogen) atoms. The minimum atomic E-state index is 0.182. The largest absolute Gasteiger partial charge is 0.358 e. The van der Waals surface area contributed by atoms with Crippen LogP contribution in [0.25, 0.3) is 10.9 Å². The van der Waals surface area contributed by atoms with E-state index in [1.807, 2.05) is 24.0 Å². The number of nitrogens with one attached hydrogen (secondary N) is 1. The van der Waals surface area contributed by atoms with Crippen molar-refractivity contribution in [3.05, 3.63) is 35.0 Å². The second kappa shape index (κ2) is 4.16. The van der Waals surface area contributed by atoms with Gasteiger partial charge in [-0.05, 0) is 32.3 Å². The summed E-state index contributed by atoms with van der Waals surface area (Å²) < 4.78 is 0. The van der Waals surface area contributed by atoms with E-state index < -0.39 is 0 Å². The third-order valence-electron chi connectivity index (χ3n) is 3.84. The average molecular weight is 242 g/mol. The highest BCUT2D eigenvalue weighted by Crippen LogP contribution is 2.26. The Morgan fingerprint density at radius 1 is 1.22 bits per heavy atom. The van der Waals surface area contributed by atoms with Crippen molar-refractivity contribution in [2.75, 3.05) is 13.1 Å². The van der Waals surface area contributed by atoms with Crippen LogP contribution in [-0.2, 0) is 0 Å². The van der Waals surface area contributed by atoms with E-state index >= 15 is 0 Å². The molecule has 0 unspecified atom stereocenters. The molecule has 1 amide bonds. The van der Waals surface area contributed by atoms with Crippen molar-refractivity contribution in [2.24, 2.45) is 0 Å². The highest BCUT2D eigenvalue weighted by Gasteiger charge is 2.24. The van der Waals surface area contributed by atoms with Gasteiger partial charge in [-0.15, -0.1) is 0 Å². The Bertz CT molecular complexity index is 606. The number of benzene rings is 1. The first-order chi connectivity index (χ1) is 8.68. The number of amides is 1. The quantitative estimate of drug-likeness (QED) is 0.819. The van der Waals surface area contributed by atoms with Crippen LogP contribution >= 0.6 is 0 Å². The second-order valence-electron chi connectivity index (χ2n) is 5.12. The van der Waals surface area contributed by atoms with Gasteiger partial charge in [0.15, 0.2) is 0 Å². The predicted molar refractivity (Wildman–Crippen MR) is 72.9 cm³/mol. The molecule has 0 spiro atoms. The van der Waals surface area contributed by atoms with Gasteiger partial charge in [-0.3, -0.25) is 4.79 Å². The van der Waals surface area contributed by atoms with Crippen molar-refractivity contribution >= 4 is 16.8 Å². The van der Waals surface area contributed by atoms with Gasteiger partial charge >= 0.3 is 0 Å². The zero-order valence-corrected chi connectivity index (χ0v) is 10.9. The number of likely N-dealkylation sites (tertiary alicyclic amines) is 1. The van der Waals surface area contributed by atoms with Crippen molar-refractivity contribution in [3.8, 4) is 0 Å². The Kier molecular flexibility index (Phi) is 2.62. The van der Waals surface area contributed by atoms with Crippen molar-refractivity contribution < 1.29 is 4.79 Å². The molecule has 0 saturated carbocycles. The number of nitrogens with zero attached hydrogens (tertiary/aromatic N) is 1. The molecule has 3 nitrogen and oxygen atoms in total. The van der Waals surface area contributed by atoms with Gasteiger partial charge in [-0.1, -0.05) is 18.2 Å². The zero-order chi connectivity index (χ0) is 12.7. The first-order valence-electron chi connectivity index (χ1n) is 6.55. The first kappa shape index (κ1) is 11.3. The topological polar surface area (TPSA) is 36.1 Å². The van der Waals surface area contributed by atoms with Crippen LogP contribution in [0.4, 0.5) is 0 Å². The maximum Gasteiger partial charge on any atom is 0.256 e. The smallest absolute Gasteiger partial charge is 0.256 e. The fraction of sp³-hybridized carbons (Fsp3) is 0.400. The lowest BCUT2D eigenvalue weighted by atomic mass is 10.1. The van der Waals surface area contributed by atoms with E-state index in [4.69, 9.17) is 0 Å². The number of aromatic nitrogens is 1. The van der Waals surface area contributed by atoms with Crippen molar-refractivity contribution in [3.63, 3.8) is 0 Å². The summed E-state index contributed by atoms with van der Waals surface area (Å²) in [4.78, 5) is 17.9. The van der Waals surface area contributed by atoms with E-state index in [0.29, 0.717) is 0 Å². The molecular weight excluding hydrogens is 224 g/mol. The van der Waals surface area contributed by atoms with Crippen LogP contribution in [0.3, 0.4) is 0 Å². The number of hydrogen-bond donors (Lipinski definition) is 1. The molecule has 0 radical (unpaired) electrons. The molecule has 94 valence electrons. The number of hydrogen-bond acceptors (Lipinski definition) is 1. The first-order valence-corrected chi connectivity index (χ1v) is 6.55. The Balaban J connectivity index is 2.13. The van der Waals surface area contributed by atoms with Gasteiger partial charge in [0, 0.05) is 29.7 Å². The van der Waals surface area contributed by atoms with Gasteiger partial charge in [0.25, 0.3) is 5.91 Å². The van der Waals surface area contributed by atoms with Gasteiger partial charge < -0.3 is 9.88 Å². The molecule has 3 rings (SSSR count). The summed E-state index contributed by atoms with van der Waals surface area (Å²) in [5.74, 6) is 0.182. The van der Waals surface area contributed by atoms with Crippen LogP contribution in [0.5, 0.6) is 0 Å². The molecule has 0 aliphatic carbocycles. The minimum Gasteiger partial charge on any atom is -0.358 e. The fourth-order valence-electron chi connectivity index (χ4n) is 2.85. The van der Waals surface area contributed by atoms with Crippen LogP contribution in [0.1, 0.15) is 34.5 Å². The molecule has 2 heterocycles. The normalized spacial score (nSPS) is 15.6. The van der Waals surface area contributed by atoms with Gasteiger partial charge in [-0.2, -0.15) is 0 Å². The Hall–Kier alpha value is -1.77. The molecule has 0 bridgehead atoms. The zero-order valence-electron chi connectivity index (χ0n) is 10.9. The molecule has 1 aromatic heterocycles. The Morgan fingerprint density at radius 2 is 1.94 bits per heavy atom. The van der Waals surface area contributed by atoms with Crippen LogP contribution in [0, 0.1) is 13.8 Å². The number of para-hydroxylation sites is 1. The number of aryl methyl sites for hydroxylation is 2. The van der Waals surface area contributed by atoms with E-state index in [-0.39, 0.29) is 5.91 Å². The third kappa shape index (κ3) is 1.62. The Labute approximate surface area is 107 Å².